The van der Waals surface area contributed by atoms with Crippen LogP contribution in [0.2, 0.25) is 0 Å². The molecule has 58 heavy (non-hydrogen) atoms. The monoisotopic (exact) mass is 739 g/mol. The van der Waals surface area contributed by atoms with Gasteiger partial charge in [0, 0.05) is 49.6 Å². The van der Waals surface area contributed by atoms with Gasteiger partial charge < -0.3 is 0 Å². The molecule has 0 atom stereocenters. The van der Waals surface area contributed by atoms with Gasteiger partial charge in [0.05, 0.1) is 33.1 Å². The maximum Gasteiger partial charge on any atom is 0.145 e. The fourth-order valence-corrected chi connectivity index (χ4v) is 8.87. The molecule has 5 nitrogen and oxygen atoms in total. The number of hydrogen-bond donors (Lipinski definition) is 0. The van der Waals surface area contributed by atoms with Gasteiger partial charge in [0.25, 0.3) is 0 Å². The zero-order valence-electron chi connectivity index (χ0n) is 31.3. The van der Waals surface area contributed by atoms with Gasteiger partial charge >= 0.3 is 0 Å². The Morgan fingerprint density at radius 1 is 0.310 bits per heavy atom. The van der Waals surface area contributed by atoms with Crippen molar-refractivity contribution in [2.45, 2.75) is 0 Å². The molecule has 0 aliphatic carbocycles. The van der Waals surface area contributed by atoms with Gasteiger partial charge in [0.15, 0.2) is 0 Å². The summed E-state index contributed by atoms with van der Waals surface area (Å²) in [5.41, 5.74) is 12.2. The van der Waals surface area contributed by atoms with E-state index in [1.54, 1.807) is 0 Å². The lowest BCUT2D eigenvalue weighted by atomic mass is 9.90. The van der Waals surface area contributed by atoms with E-state index >= 15 is 0 Å². The third-order valence-corrected chi connectivity index (χ3v) is 11.5. The summed E-state index contributed by atoms with van der Waals surface area (Å²) in [6.45, 7) is 0. The lowest BCUT2D eigenvalue weighted by Crippen LogP contribution is -2.00. The van der Waals surface area contributed by atoms with Crippen LogP contribution in [0.3, 0.4) is 0 Å². The minimum Gasteiger partial charge on any atom is -0.292 e. The van der Waals surface area contributed by atoms with E-state index in [0.29, 0.717) is 0 Å². The van der Waals surface area contributed by atoms with E-state index in [9.17, 15) is 0 Å². The van der Waals surface area contributed by atoms with E-state index in [0.717, 1.165) is 111 Å². The number of aromatic nitrogens is 5. The molecule has 0 spiro atoms. The Kier molecular flexibility index (Phi) is 7.16. The van der Waals surface area contributed by atoms with Gasteiger partial charge in [-0.05, 0) is 83.1 Å². The normalized spacial score (nSPS) is 11.8. The van der Waals surface area contributed by atoms with Crippen LogP contribution in [0.4, 0.5) is 0 Å². The van der Waals surface area contributed by atoms with E-state index in [4.69, 9.17) is 15.0 Å². The molecule has 0 N–H and O–H groups in total. The molecule has 3 heterocycles. The Balaban J connectivity index is 1.25. The zero-order valence-corrected chi connectivity index (χ0v) is 31.3. The van der Waals surface area contributed by atoms with Crippen LogP contribution in [-0.2, 0) is 0 Å². The number of fused-ring (bicyclic) bond motifs is 8. The van der Waals surface area contributed by atoms with Gasteiger partial charge in [-0.1, -0.05) is 133 Å². The summed E-state index contributed by atoms with van der Waals surface area (Å²) >= 11 is 0. The number of rotatable bonds is 5. The van der Waals surface area contributed by atoms with Crippen molar-refractivity contribution in [2.75, 3.05) is 0 Å². The minimum atomic E-state index is 0.858. The van der Waals surface area contributed by atoms with E-state index in [2.05, 4.69) is 209 Å². The highest BCUT2D eigenvalue weighted by Crippen LogP contribution is 2.43. The van der Waals surface area contributed by atoms with E-state index in [-0.39, 0.29) is 0 Å². The number of nitrogens with zero attached hydrogens (tertiary/aromatic N) is 5. The molecule has 0 amide bonds. The van der Waals surface area contributed by atoms with Crippen LogP contribution in [0.25, 0.3) is 111 Å². The molecule has 0 unspecified atom stereocenters. The molecule has 5 heteroatoms. The molecular formula is C53H33N5. The molecule has 270 valence electrons. The second-order valence-electron chi connectivity index (χ2n) is 14.8. The maximum absolute atomic E-state index is 5.51. The van der Waals surface area contributed by atoms with Crippen LogP contribution < -0.4 is 0 Å². The molecule has 0 saturated heterocycles. The molecule has 3 aromatic heterocycles. The first-order valence-corrected chi connectivity index (χ1v) is 19.6. The van der Waals surface area contributed by atoms with Crippen molar-refractivity contribution < 1.29 is 0 Å². The third kappa shape index (κ3) is 5.00. The third-order valence-electron chi connectivity index (χ3n) is 11.5. The van der Waals surface area contributed by atoms with Crippen LogP contribution in [0.1, 0.15) is 0 Å². The number of hydrogen-bond acceptors (Lipinski definition) is 3. The van der Waals surface area contributed by atoms with E-state index in [1.807, 2.05) is 0 Å². The lowest BCUT2D eigenvalue weighted by molar-refractivity contribution is 1.09. The topological polar surface area (TPSA) is 48.5 Å². The quantitative estimate of drug-likeness (QED) is 0.130. The summed E-state index contributed by atoms with van der Waals surface area (Å²) in [7, 11) is 0. The lowest BCUT2D eigenvalue weighted by Gasteiger charge is -2.18. The smallest absolute Gasteiger partial charge is 0.145 e. The highest BCUT2D eigenvalue weighted by molar-refractivity contribution is 6.21. The van der Waals surface area contributed by atoms with Crippen molar-refractivity contribution in [3.8, 4) is 45.3 Å². The van der Waals surface area contributed by atoms with Crippen molar-refractivity contribution in [1.29, 1.82) is 0 Å². The van der Waals surface area contributed by atoms with Gasteiger partial charge in [0.2, 0.25) is 0 Å². The molecule has 0 radical (unpaired) electrons. The van der Waals surface area contributed by atoms with Crippen molar-refractivity contribution >= 4 is 65.4 Å². The Hall–Kier alpha value is -7.89. The summed E-state index contributed by atoms with van der Waals surface area (Å²) in [6, 6.07) is 70.8. The van der Waals surface area contributed by atoms with Crippen LogP contribution in [-0.4, -0.2) is 24.1 Å². The van der Waals surface area contributed by atoms with Crippen LogP contribution in [0.5, 0.6) is 0 Å². The molecule has 12 rings (SSSR count). The average Bonchev–Trinajstić information content (AvgIpc) is 3.88. The van der Waals surface area contributed by atoms with E-state index < -0.39 is 0 Å². The first-order valence-electron chi connectivity index (χ1n) is 19.6. The highest BCUT2D eigenvalue weighted by Gasteiger charge is 2.22. The van der Waals surface area contributed by atoms with Gasteiger partial charge in [-0.3, -0.25) is 9.13 Å². The van der Waals surface area contributed by atoms with Crippen molar-refractivity contribution in [3.05, 3.63) is 200 Å². The predicted molar refractivity (Wildman–Crippen MR) is 240 cm³/mol. The van der Waals surface area contributed by atoms with Crippen LogP contribution in [0, 0.1) is 0 Å². The predicted octanol–water partition coefficient (Wildman–Crippen LogP) is 13.4. The van der Waals surface area contributed by atoms with Gasteiger partial charge in [-0.2, -0.15) is 0 Å². The van der Waals surface area contributed by atoms with Crippen LogP contribution >= 0.6 is 0 Å². The fourth-order valence-electron chi connectivity index (χ4n) is 8.87. The van der Waals surface area contributed by atoms with Gasteiger partial charge in [-0.25, -0.2) is 15.0 Å². The Labute approximate surface area is 333 Å². The summed E-state index contributed by atoms with van der Waals surface area (Å²) in [4.78, 5) is 16.3. The summed E-state index contributed by atoms with van der Waals surface area (Å²) in [6.07, 6.45) is 0. The number of imidazole rings is 2. The first kappa shape index (κ1) is 32.4. The van der Waals surface area contributed by atoms with Crippen molar-refractivity contribution in [3.63, 3.8) is 0 Å². The average molecular weight is 740 g/mol. The minimum absolute atomic E-state index is 0.858. The van der Waals surface area contributed by atoms with Crippen molar-refractivity contribution in [2.24, 2.45) is 0 Å². The number of benzene rings is 9. The summed E-state index contributed by atoms with van der Waals surface area (Å²) in [5.74, 6) is 1.72. The molecule has 0 saturated carbocycles. The Morgan fingerprint density at radius 3 is 1.22 bits per heavy atom. The second kappa shape index (κ2) is 12.8. The summed E-state index contributed by atoms with van der Waals surface area (Å²) in [5, 5.41) is 6.77. The molecule has 0 bridgehead atoms. The number of para-hydroxylation sites is 6. The molecule has 0 aliphatic heterocycles. The maximum atomic E-state index is 5.51. The number of pyridine rings is 1. The first-order chi connectivity index (χ1) is 28.8. The van der Waals surface area contributed by atoms with Crippen molar-refractivity contribution in [1.82, 2.24) is 24.1 Å². The standard InChI is InChI=1S/C53H33N5/c1-3-17-39(18-4-1)57-47-25-13-11-23-45(47)54-52(57)37-31-36(32-38(33-37)53-55-46-24-12-14-26-48(46)58(53)40-19-5-2-6-20-40)49-43-29-27-34-15-7-9-21-41(34)50(43)56-51-42-22-10-8-16-35(42)28-30-44(49)51/h1-33H. The molecule has 9 aromatic carbocycles. The Morgan fingerprint density at radius 2 is 0.724 bits per heavy atom. The highest BCUT2D eigenvalue weighted by atomic mass is 15.1. The molecular weight excluding hydrogens is 707 g/mol. The van der Waals surface area contributed by atoms with Gasteiger partial charge in [-0.15, -0.1) is 0 Å². The Bertz CT molecular complexity index is 3330. The van der Waals surface area contributed by atoms with Crippen LogP contribution in [0.15, 0.2) is 200 Å². The SMILES string of the molecule is c1ccc(-n2c(-c3cc(-c4c5ccc6ccccc6c5nc5c4ccc4ccccc45)cc(-c4nc5ccccc5n4-c4ccccc4)c3)nc3ccccc32)cc1. The zero-order chi connectivity index (χ0) is 38.2. The summed E-state index contributed by atoms with van der Waals surface area (Å²) < 4.78 is 4.56. The molecule has 0 fully saturated rings. The largest absolute Gasteiger partial charge is 0.292 e. The fraction of sp³-hybridized carbons (Fsp3) is 0. The van der Waals surface area contributed by atoms with Gasteiger partial charge in [0.1, 0.15) is 11.6 Å². The molecule has 12 aromatic rings. The van der Waals surface area contributed by atoms with E-state index in [1.165, 1.54) is 0 Å². The molecule has 0 aliphatic rings. The second-order valence-corrected chi connectivity index (χ2v) is 14.8.